The van der Waals surface area contributed by atoms with E-state index in [4.69, 9.17) is 23.2 Å². The maximum atomic E-state index is 13.2. The minimum atomic E-state index is -1.37. The number of anilines is 1. The molecule has 2 aromatic carbocycles. The summed E-state index contributed by atoms with van der Waals surface area (Å²) >= 11 is 12.1. The number of halogens is 2. The van der Waals surface area contributed by atoms with Crippen LogP contribution in [-0.4, -0.2) is 22.2 Å². The molecule has 144 valence electrons. The van der Waals surface area contributed by atoms with Gasteiger partial charge in [-0.15, -0.1) is 0 Å². The Labute approximate surface area is 175 Å². The zero-order valence-corrected chi connectivity index (χ0v) is 17.4. The molecule has 3 rings (SSSR count). The van der Waals surface area contributed by atoms with E-state index in [-0.39, 0.29) is 28.4 Å². The van der Waals surface area contributed by atoms with Gasteiger partial charge in [-0.05, 0) is 44.2 Å². The van der Waals surface area contributed by atoms with Crippen LogP contribution in [0.4, 0.5) is 10.6 Å². The predicted molar refractivity (Wildman–Crippen MR) is 111 cm³/mol. The molecule has 3 aromatic rings. The van der Waals surface area contributed by atoms with Crippen LogP contribution < -0.4 is 10.0 Å². The van der Waals surface area contributed by atoms with Gasteiger partial charge in [0.2, 0.25) is 0 Å². The fourth-order valence-electron chi connectivity index (χ4n) is 2.75. The van der Waals surface area contributed by atoms with Crippen LogP contribution in [0.2, 0.25) is 10.0 Å². The van der Waals surface area contributed by atoms with Gasteiger partial charge in [-0.25, -0.2) is 0 Å². The van der Waals surface area contributed by atoms with Crippen molar-refractivity contribution in [2.24, 2.45) is 0 Å². The number of carbonyl (C=O) groups is 2. The van der Waals surface area contributed by atoms with Gasteiger partial charge >= 0.3 is 5.30 Å². The quantitative estimate of drug-likeness (QED) is 0.526. The van der Waals surface area contributed by atoms with Crippen LogP contribution in [0.1, 0.15) is 24.2 Å². The second-order valence-corrected chi connectivity index (χ2v) is 8.71. The number of rotatable bonds is 5. The van der Waals surface area contributed by atoms with Crippen molar-refractivity contribution in [3.05, 3.63) is 69.5 Å². The van der Waals surface area contributed by atoms with E-state index in [1.54, 1.807) is 30.3 Å². The van der Waals surface area contributed by atoms with E-state index in [0.717, 1.165) is 0 Å². The van der Waals surface area contributed by atoms with Crippen molar-refractivity contribution in [2.45, 2.75) is 19.9 Å². The largest absolute Gasteiger partial charge is 0.500 e. The van der Waals surface area contributed by atoms with Gasteiger partial charge in [-0.1, -0.05) is 41.4 Å². The Morgan fingerprint density at radius 2 is 1.79 bits per heavy atom. The SMILES string of the molecule is CC(C)N(C(=O)c1ccc(Cl)cc1Cl)c1c[s+](C(=O)[O-])c(-c2ccccc2)n1. The van der Waals surface area contributed by atoms with Crippen LogP contribution in [0.25, 0.3) is 10.6 Å². The van der Waals surface area contributed by atoms with Gasteiger partial charge in [0.15, 0.2) is 11.2 Å². The Morgan fingerprint density at radius 1 is 1.11 bits per heavy atom. The number of benzene rings is 2. The lowest BCUT2D eigenvalue weighted by Crippen LogP contribution is -2.37. The number of nitrogens with zero attached hydrogens (tertiary/aromatic N) is 2. The van der Waals surface area contributed by atoms with E-state index < -0.39 is 15.8 Å². The number of amides is 1. The second kappa shape index (κ2) is 8.31. The fourth-order valence-corrected chi connectivity index (χ4v) is 4.56. The molecule has 5 nitrogen and oxygen atoms in total. The lowest BCUT2D eigenvalue weighted by Gasteiger charge is -2.24. The topological polar surface area (TPSA) is 73.3 Å². The van der Waals surface area contributed by atoms with Crippen molar-refractivity contribution >= 4 is 50.7 Å². The third-order valence-corrected chi connectivity index (χ3v) is 6.09. The Kier molecular flexibility index (Phi) is 6.03. The van der Waals surface area contributed by atoms with Crippen LogP contribution >= 0.6 is 33.7 Å². The summed E-state index contributed by atoms with van der Waals surface area (Å²) in [6.45, 7) is 3.63. The van der Waals surface area contributed by atoms with Crippen LogP contribution in [0.15, 0.2) is 53.9 Å². The molecular formula is C20H16Cl2N2O3S. The highest BCUT2D eigenvalue weighted by Crippen LogP contribution is 2.38. The summed E-state index contributed by atoms with van der Waals surface area (Å²) < 4.78 is 0. The van der Waals surface area contributed by atoms with Crippen molar-refractivity contribution in [1.29, 1.82) is 0 Å². The lowest BCUT2D eigenvalue weighted by molar-refractivity contribution is -0.233. The third-order valence-electron chi connectivity index (χ3n) is 3.99. The summed E-state index contributed by atoms with van der Waals surface area (Å²) in [5, 5.41) is 12.9. The van der Waals surface area contributed by atoms with Crippen molar-refractivity contribution in [3.8, 4) is 10.6 Å². The number of hydrogen-bond donors (Lipinski definition) is 0. The molecule has 0 radical (unpaired) electrons. The molecule has 8 heteroatoms. The number of carboxylic acid groups (broad SMARTS) is 1. The number of aromatic nitrogens is 1. The molecule has 0 aliphatic carbocycles. The first-order chi connectivity index (χ1) is 13.3. The van der Waals surface area contributed by atoms with Gasteiger partial charge in [0.05, 0.1) is 26.6 Å². The lowest BCUT2D eigenvalue weighted by atomic mass is 10.1. The molecule has 0 bridgehead atoms. The summed E-state index contributed by atoms with van der Waals surface area (Å²) in [4.78, 5) is 30.8. The van der Waals surface area contributed by atoms with E-state index in [2.05, 4.69) is 4.98 Å². The average molecular weight is 435 g/mol. The van der Waals surface area contributed by atoms with Gasteiger partial charge in [-0.2, -0.15) is 4.98 Å². The highest BCUT2D eigenvalue weighted by atomic mass is 35.5. The third kappa shape index (κ3) is 4.04. The first kappa shape index (κ1) is 20.3. The van der Waals surface area contributed by atoms with Gasteiger partial charge in [0.25, 0.3) is 10.9 Å². The molecule has 1 heterocycles. The van der Waals surface area contributed by atoms with Crippen LogP contribution in [0, 0.1) is 0 Å². The fraction of sp³-hybridized carbons (Fsp3) is 0.150. The molecule has 0 aliphatic heterocycles. The van der Waals surface area contributed by atoms with Crippen LogP contribution in [-0.2, 0) is 0 Å². The minimum Gasteiger partial charge on any atom is -0.500 e. The monoisotopic (exact) mass is 434 g/mol. The smallest absolute Gasteiger partial charge is 0.302 e. The summed E-state index contributed by atoms with van der Waals surface area (Å²) in [6, 6.07) is 13.3. The molecule has 0 saturated carbocycles. The Morgan fingerprint density at radius 3 is 2.36 bits per heavy atom. The van der Waals surface area contributed by atoms with Crippen LogP contribution in [0.3, 0.4) is 0 Å². The van der Waals surface area contributed by atoms with Crippen molar-refractivity contribution in [2.75, 3.05) is 4.90 Å². The van der Waals surface area contributed by atoms with E-state index in [9.17, 15) is 14.7 Å². The van der Waals surface area contributed by atoms with Gasteiger partial charge in [-0.3, -0.25) is 9.69 Å². The van der Waals surface area contributed by atoms with Crippen LogP contribution in [0.5, 0.6) is 0 Å². The maximum absolute atomic E-state index is 13.2. The molecular weight excluding hydrogens is 419 g/mol. The molecule has 0 spiro atoms. The molecule has 0 N–H and O–H groups in total. The normalized spacial score (nSPS) is 11.5. The Balaban J connectivity index is 2.10. The molecule has 28 heavy (non-hydrogen) atoms. The van der Waals surface area contributed by atoms with E-state index in [0.29, 0.717) is 15.6 Å². The zero-order chi connectivity index (χ0) is 20.4. The maximum Gasteiger partial charge on any atom is 0.302 e. The van der Waals surface area contributed by atoms with Crippen molar-refractivity contribution in [3.63, 3.8) is 0 Å². The van der Waals surface area contributed by atoms with Gasteiger partial charge in [0.1, 0.15) is 0 Å². The van der Waals surface area contributed by atoms with Gasteiger partial charge < -0.3 is 9.90 Å². The summed E-state index contributed by atoms with van der Waals surface area (Å²) in [5.74, 6) is -0.125. The summed E-state index contributed by atoms with van der Waals surface area (Å²) in [5.41, 5.74) is 0.930. The Hall–Kier alpha value is -2.41. The molecule has 1 aromatic heterocycles. The number of thiazole rings is 1. The average Bonchev–Trinajstić information content (AvgIpc) is 3.07. The Bertz CT molecular complexity index is 1040. The molecule has 1 atom stereocenters. The van der Waals surface area contributed by atoms with Crippen molar-refractivity contribution in [1.82, 2.24) is 4.98 Å². The highest BCUT2D eigenvalue weighted by molar-refractivity contribution is 7.51. The minimum absolute atomic E-state index is 0.216. The van der Waals surface area contributed by atoms with E-state index in [1.807, 2.05) is 19.9 Å². The highest BCUT2D eigenvalue weighted by Gasteiger charge is 2.31. The van der Waals surface area contributed by atoms with E-state index in [1.165, 1.54) is 22.4 Å². The standard InChI is InChI=1S/C20H16Cl2N2O3S/c1-12(2)24(19(25)15-9-8-14(21)10-16(15)22)17-11-28(20(26)27)18(23-17)13-6-4-3-5-7-13/h3-12H,1-2H3. The van der Waals surface area contributed by atoms with Gasteiger partial charge in [0, 0.05) is 11.1 Å². The predicted octanol–water partition coefficient (Wildman–Crippen LogP) is 5.05. The molecule has 1 unspecified atom stereocenters. The first-order valence-corrected chi connectivity index (χ1v) is 10.4. The molecule has 0 saturated heterocycles. The molecule has 1 amide bonds. The second-order valence-electron chi connectivity index (χ2n) is 6.24. The summed E-state index contributed by atoms with van der Waals surface area (Å²) in [6.07, 6.45) is 0. The first-order valence-electron chi connectivity index (χ1n) is 8.38. The molecule has 0 fully saturated rings. The molecule has 0 aliphatic rings. The zero-order valence-electron chi connectivity index (χ0n) is 15.1. The number of hydrogen-bond acceptors (Lipinski definition) is 4. The van der Waals surface area contributed by atoms with Crippen molar-refractivity contribution < 1.29 is 14.7 Å². The van der Waals surface area contributed by atoms with E-state index >= 15 is 0 Å². The summed E-state index contributed by atoms with van der Waals surface area (Å²) in [7, 11) is -1.37. The number of carbonyl (C=O) groups excluding carboxylic acids is 2.